The normalized spacial score (nSPS) is 10.1. The summed E-state index contributed by atoms with van der Waals surface area (Å²) in [5.74, 6) is -0.165. The fourth-order valence-electron chi connectivity index (χ4n) is 2.02. The van der Waals surface area contributed by atoms with E-state index in [4.69, 9.17) is 28.5 Å². The second-order valence-electron chi connectivity index (χ2n) is 4.90. The Hall–Kier alpha value is -2.06. The van der Waals surface area contributed by atoms with Gasteiger partial charge in [-0.3, -0.25) is 4.79 Å². The molecular weight excluding hydrogens is 333 g/mol. The van der Waals surface area contributed by atoms with Crippen molar-refractivity contribution in [3.05, 3.63) is 63.6 Å². The van der Waals surface area contributed by atoms with E-state index in [1.807, 2.05) is 12.1 Å². The number of nitriles is 1. The maximum atomic E-state index is 11.8. The molecule has 0 aliphatic carbocycles. The third kappa shape index (κ3) is 5.57. The van der Waals surface area contributed by atoms with Gasteiger partial charge in [0.05, 0.1) is 18.2 Å². The van der Waals surface area contributed by atoms with Gasteiger partial charge in [-0.25, -0.2) is 0 Å². The first kappa shape index (κ1) is 17.3. The predicted octanol–water partition coefficient (Wildman–Crippen LogP) is 3.64. The molecule has 2 aromatic rings. The molecule has 1 amide bonds. The summed E-state index contributed by atoms with van der Waals surface area (Å²) in [6.07, 6.45) is 0.702. The summed E-state index contributed by atoms with van der Waals surface area (Å²) in [5, 5.41) is 15.8. The lowest BCUT2D eigenvalue weighted by molar-refractivity contribution is -0.115. The van der Waals surface area contributed by atoms with Gasteiger partial charge in [0.15, 0.2) is 0 Å². The Balaban J connectivity index is 1.75. The standard InChI is InChI=1S/C17H15Cl2N3O/c18-14-5-4-13(16(19)9-14)6-7-21-11-17(23)22-15-3-1-2-12(8-15)10-20/h1-5,8-9,21H,6-7,11H2,(H,22,23). The van der Waals surface area contributed by atoms with E-state index < -0.39 is 0 Å². The summed E-state index contributed by atoms with van der Waals surface area (Å²) in [7, 11) is 0. The zero-order chi connectivity index (χ0) is 16.7. The summed E-state index contributed by atoms with van der Waals surface area (Å²) in [6, 6.07) is 14.2. The van der Waals surface area contributed by atoms with E-state index >= 15 is 0 Å². The smallest absolute Gasteiger partial charge is 0.238 e. The van der Waals surface area contributed by atoms with Gasteiger partial charge < -0.3 is 10.6 Å². The number of carbonyl (C=O) groups is 1. The Morgan fingerprint density at radius 3 is 2.74 bits per heavy atom. The highest BCUT2D eigenvalue weighted by Gasteiger charge is 2.04. The van der Waals surface area contributed by atoms with Crippen LogP contribution in [0.5, 0.6) is 0 Å². The van der Waals surface area contributed by atoms with E-state index in [1.54, 1.807) is 36.4 Å². The van der Waals surface area contributed by atoms with Gasteiger partial charge in [0.2, 0.25) is 5.91 Å². The third-order valence-electron chi connectivity index (χ3n) is 3.15. The largest absolute Gasteiger partial charge is 0.325 e. The molecule has 0 saturated carbocycles. The minimum Gasteiger partial charge on any atom is -0.325 e. The van der Waals surface area contributed by atoms with Crippen LogP contribution in [0.25, 0.3) is 0 Å². The van der Waals surface area contributed by atoms with Gasteiger partial charge in [-0.2, -0.15) is 5.26 Å². The van der Waals surface area contributed by atoms with E-state index in [0.717, 1.165) is 5.56 Å². The number of hydrogen-bond donors (Lipinski definition) is 2. The first-order chi connectivity index (χ1) is 11.1. The average Bonchev–Trinajstić information content (AvgIpc) is 2.53. The van der Waals surface area contributed by atoms with Crippen molar-refractivity contribution in [2.75, 3.05) is 18.4 Å². The van der Waals surface area contributed by atoms with Gasteiger partial charge in [-0.1, -0.05) is 35.3 Å². The zero-order valence-electron chi connectivity index (χ0n) is 12.3. The first-order valence-corrected chi connectivity index (χ1v) is 7.79. The number of carbonyl (C=O) groups excluding carboxylic acids is 1. The molecule has 0 atom stereocenters. The monoisotopic (exact) mass is 347 g/mol. The van der Waals surface area contributed by atoms with Crippen LogP contribution >= 0.6 is 23.2 Å². The highest BCUT2D eigenvalue weighted by atomic mass is 35.5. The zero-order valence-corrected chi connectivity index (χ0v) is 13.8. The molecule has 2 rings (SSSR count). The third-order valence-corrected chi connectivity index (χ3v) is 3.73. The molecule has 6 heteroatoms. The van der Waals surface area contributed by atoms with E-state index in [9.17, 15) is 4.79 Å². The summed E-state index contributed by atoms with van der Waals surface area (Å²) in [6.45, 7) is 0.801. The lowest BCUT2D eigenvalue weighted by Crippen LogP contribution is -2.29. The second kappa shape index (κ2) is 8.54. The molecule has 2 N–H and O–H groups in total. The molecule has 0 heterocycles. The quantitative estimate of drug-likeness (QED) is 0.784. The van der Waals surface area contributed by atoms with Crippen molar-refractivity contribution in [2.45, 2.75) is 6.42 Å². The predicted molar refractivity (Wildman–Crippen MR) is 92.8 cm³/mol. The maximum Gasteiger partial charge on any atom is 0.238 e. The van der Waals surface area contributed by atoms with Crippen LogP contribution in [0, 0.1) is 11.3 Å². The number of rotatable bonds is 6. The van der Waals surface area contributed by atoms with Crippen LogP contribution in [0.3, 0.4) is 0 Å². The Kier molecular flexibility index (Phi) is 6.42. The van der Waals surface area contributed by atoms with Crippen molar-refractivity contribution in [1.29, 1.82) is 5.26 Å². The topological polar surface area (TPSA) is 64.9 Å². The van der Waals surface area contributed by atoms with Crippen LogP contribution < -0.4 is 10.6 Å². The number of nitrogens with one attached hydrogen (secondary N) is 2. The van der Waals surface area contributed by atoms with Crippen LogP contribution in [0.2, 0.25) is 10.0 Å². The number of halogens is 2. The van der Waals surface area contributed by atoms with E-state index in [2.05, 4.69) is 10.6 Å². The molecule has 4 nitrogen and oxygen atoms in total. The summed E-state index contributed by atoms with van der Waals surface area (Å²) < 4.78 is 0. The molecule has 0 unspecified atom stereocenters. The molecule has 0 aromatic heterocycles. The molecule has 2 aromatic carbocycles. The van der Waals surface area contributed by atoms with Crippen molar-refractivity contribution in [3.8, 4) is 6.07 Å². The van der Waals surface area contributed by atoms with Gasteiger partial charge in [0.25, 0.3) is 0 Å². The summed E-state index contributed by atoms with van der Waals surface area (Å²) in [5.41, 5.74) is 2.09. The molecule has 118 valence electrons. The van der Waals surface area contributed by atoms with Crippen LogP contribution in [-0.4, -0.2) is 19.0 Å². The minimum atomic E-state index is -0.165. The Labute approximate surface area is 145 Å². The fourth-order valence-corrected chi connectivity index (χ4v) is 2.52. The van der Waals surface area contributed by atoms with Gasteiger partial charge >= 0.3 is 0 Å². The lowest BCUT2D eigenvalue weighted by atomic mass is 10.1. The van der Waals surface area contributed by atoms with Crippen molar-refractivity contribution < 1.29 is 4.79 Å². The van der Waals surface area contributed by atoms with Gasteiger partial charge in [-0.15, -0.1) is 0 Å². The molecule has 0 aliphatic rings. The molecule has 0 radical (unpaired) electrons. The molecular formula is C17H15Cl2N3O. The van der Waals surface area contributed by atoms with Crippen molar-refractivity contribution >= 4 is 34.8 Å². The molecule has 0 saturated heterocycles. The van der Waals surface area contributed by atoms with Crippen molar-refractivity contribution in [1.82, 2.24) is 5.32 Å². The Morgan fingerprint density at radius 1 is 1.17 bits per heavy atom. The van der Waals surface area contributed by atoms with Crippen LogP contribution in [-0.2, 0) is 11.2 Å². The maximum absolute atomic E-state index is 11.8. The highest BCUT2D eigenvalue weighted by Crippen LogP contribution is 2.21. The van der Waals surface area contributed by atoms with E-state index in [0.29, 0.717) is 34.3 Å². The number of benzene rings is 2. The summed E-state index contributed by atoms with van der Waals surface area (Å²) in [4.78, 5) is 11.8. The highest BCUT2D eigenvalue weighted by molar-refractivity contribution is 6.35. The fraction of sp³-hybridized carbons (Fsp3) is 0.176. The number of amides is 1. The Morgan fingerprint density at radius 2 is 2.00 bits per heavy atom. The van der Waals surface area contributed by atoms with Crippen LogP contribution in [0.4, 0.5) is 5.69 Å². The van der Waals surface area contributed by atoms with E-state index in [1.165, 1.54) is 0 Å². The average molecular weight is 348 g/mol. The Bertz CT molecular complexity index is 741. The molecule has 23 heavy (non-hydrogen) atoms. The van der Waals surface area contributed by atoms with Crippen LogP contribution in [0.15, 0.2) is 42.5 Å². The van der Waals surface area contributed by atoms with Gasteiger partial charge in [0, 0.05) is 15.7 Å². The number of anilines is 1. The van der Waals surface area contributed by atoms with Gasteiger partial charge in [-0.05, 0) is 48.9 Å². The molecule has 0 bridgehead atoms. The minimum absolute atomic E-state index is 0.165. The van der Waals surface area contributed by atoms with Crippen LogP contribution in [0.1, 0.15) is 11.1 Å². The molecule has 0 spiro atoms. The van der Waals surface area contributed by atoms with Crippen molar-refractivity contribution in [2.24, 2.45) is 0 Å². The first-order valence-electron chi connectivity index (χ1n) is 7.03. The lowest BCUT2D eigenvalue weighted by Gasteiger charge is -2.08. The molecule has 0 fully saturated rings. The number of nitrogens with zero attached hydrogens (tertiary/aromatic N) is 1. The second-order valence-corrected chi connectivity index (χ2v) is 5.75. The van der Waals surface area contributed by atoms with Gasteiger partial charge in [0.1, 0.15) is 0 Å². The SMILES string of the molecule is N#Cc1cccc(NC(=O)CNCCc2ccc(Cl)cc2Cl)c1. The van der Waals surface area contributed by atoms with Crippen molar-refractivity contribution in [3.63, 3.8) is 0 Å². The van der Waals surface area contributed by atoms with E-state index in [-0.39, 0.29) is 12.5 Å². The summed E-state index contributed by atoms with van der Waals surface area (Å²) >= 11 is 11.9. The number of hydrogen-bond acceptors (Lipinski definition) is 3. The molecule has 0 aliphatic heterocycles.